The predicted octanol–water partition coefficient (Wildman–Crippen LogP) is 3.80. The molecule has 4 rings (SSSR count). The fourth-order valence-corrected chi connectivity index (χ4v) is 3.77. The maximum Gasteiger partial charge on any atom is 0.230 e. The minimum absolute atomic E-state index is 0.0761. The SMILES string of the molecule is O=C(Cc1cccs1)Nc1ccc(N2CCCc3ccccc32)nn1. The van der Waals surface area contributed by atoms with Crippen molar-refractivity contribution in [1.82, 2.24) is 10.2 Å². The zero-order valence-electron chi connectivity index (χ0n) is 13.7. The zero-order valence-corrected chi connectivity index (χ0v) is 14.5. The summed E-state index contributed by atoms with van der Waals surface area (Å²) >= 11 is 1.57. The Balaban J connectivity index is 1.47. The van der Waals surface area contributed by atoms with E-state index in [1.807, 2.05) is 35.7 Å². The number of benzene rings is 1. The molecule has 0 spiro atoms. The van der Waals surface area contributed by atoms with Crippen LogP contribution in [0.1, 0.15) is 16.9 Å². The van der Waals surface area contributed by atoms with Crippen LogP contribution in [0.25, 0.3) is 0 Å². The molecular weight excluding hydrogens is 332 g/mol. The number of rotatable bonds is 4. The van der Waals surface area contributed by atoms with E-state index in [1.165, 1.54) is 11.3 Å². The standard InChI is InChI=1S/C19H18N4OS/c24-19(13-15-7-4-12-25-15)20-17-9-10-18(22-21-17)23-11-3-6-14-5-1-2-8-16(14)23/h1-2,4-5,7-10,12H,3,6,11,13H2,(H,20,21,24). The van der Waals surface area contributed by atoms with E-state index in [1.54, 1.807) is 11.3 Å². The van der Waals surface area contributed by atoms with E-state index in [0.29, 0.717) is 12.2 Å². The van der Waals surface area contributed by atoms with E-state index in [0.717, 1.165) is 30.1 Å². The third-order valence-corrected chi connectivity index (χ3v) is 5.10. The molecule has 0 aliphatic carbocycles. The highest BCUT2D eigenvalue weighted by molar-refractivity contribution is 7.10. The molecule has 1 amide bonds. The maximum atomic E-state index is 12.0. The van der Waals surface area contributed by atoms with Crippen LogP contribution in [0.2, 0.25) is 0 Å². The Kier molecular flexibility index (Phi) is 4.43. The number of aryl methyl sites for hydroxylation is 1. The highest BCUT2D eigenvalue weighted by atomic mass is 32.1. The molecule has 3 aromatic rings. The summed E-state index contributed by atoms with van der Waals surface area (Å²) in [4.78, 5) is 15.3. The van der Waals surface area contributed by atoms with Gasteiger partial charge < -0.3 is 10.2 Å². The summed E-state index contributed by atoms with van der Waals surface area (Å²) in [7, 11) is 0. The number of para-hydroxylation sites is 1. The van der Waals surface area contributed by atoms with Crippen LogP contribution in [0.5, 0.6) is 0 Å². The smallest absolute Gasteiger partial charge is 0.230 e. The van der Waals surface area contributed by atoms with Crippen molar-refractivity contribution < 1.29 is 4.79 Å². The molecule has 2 aromatic heterocycles. The van der Waals surface area contributed by atoms with Gasteiger partial charge in [0.15, 0.2) is 11.6 Å². The van der Waals surface area contributed by atoms with E-state index in [9.17, 15) is 4.79 Å². The van der Waals surface area contributed by atoms with Crippen LogP contribution in [0.15, 0.2) is 53.9 Å². The molecule has 0 atom stereocenters. The number of nitrogens with one attached hydrogen (secondary N) is 1. The predicted molar refractivity (Wildman–Crippen MR) is 100 cm³/mol. The maximum absolute atomic E-state index is 12.0. The molecule has 5 nitrogen and oxygen atoms in total. The Hall–Kier alpha value is -2.73. The zero-order chi connectivity index (χ0) is 17.1. The molecule has 0 radical (unpaired) electrons. The Labute approximate surface area is 150 Å². The first-order valence-electron chi connectivity index (χ1n) is 8.31. The molecular formula is C19H18N4OS. The molecule has 0 unspecified atom stereocenters. The number of fused-ring (bicyclic) bond motifs is 1. The summed E-state index contributed by atoms with van der Waals surface area (Å²) in [5.74, 6) is 1.21. The molecule has 0 saturated carbocycles. The molecule has 6 heteroatoms. The number of anilines is 3. The van der Waals surface area contributed by atoms with Crippen LogP contribution in [-0.4, -0.2) is 22.6 Å². The largest absolute Gasteiger partial charge is 0.325 e. The van der Waals surface area contributed by atoms with Gasteiger partial charge in [-0.25, -0.2) is 0 Å². The molecule has 0 fully saturated rings. The second kappa shape index (κ2) is 7.03. The van der Waals surface area contributed by atoms with E-state index in [-0.39, 0.29) is 5.91 Å². The lowest BCUT2D eigenvalue weighted by atomic mass is 10.0. The van der Waals surface area contributed by atoms with Crippen molar-refractivity contribution in [3.05, 3.63) is 64.4 Å². The van der Waals surface area contributed by atoms with Crippen molar-refractivity contribution in [2.24, 2.45) is 0 Å². The fourth-order valence-electron chi connectivity index (χ4n) is 3.07. The first-order chi connectivity index (χ1) is 12.3. The normalized spacial score (nSPS) is 13.4. The Morgan fingerprint density at radius 1 is 1.12 bits per heavy atom. The molecule has 25 heavy (non-hydrogen) atoms. The second-order valence-electron chi connectivity index (χ2n) is 5.96. The minimum atomic E-state index is -0.0761. The highest BCUT2D eigenvalue weighted by Crippen LogP contribution is 2.31. The molecule has 0 saturated heterocycles. The van der Waals surface area contributed by atoms with Gasteiger partial charge in [0.2, 0.25) is 5.91 Å². The summed E-state index contributed by atoms with van der Waals surface area (Å²) < 4.78 is 0. The number of nitrogens with zero attached hydrogens (tertiary/aromatic N) is 3. The molecule has 0 bridgehead atoms. The van der Waals surface area contributed by atoms with Crippen molar-refractivity contribution in [3.63, 3.8) is 0 Å². The van der Waals surface area contributed by atoms with Crippen LogP contribution in [0, 0.1) is 0 Å². The van der Waals surface area contributed by atoms with Gasteiger partial charge >= 0.3 is 0 Å². The molecule has 1 aromatic carbocycles. The van der Waals surface area contributed by atoms with Crippen LogP contribution in [-0.2, 0) is 17.6 Å². The van der Waals surface area contributed by atoms with Crippen LogP contribution in [0.3, 0.4) is 0 Å². The van der Waals surface area contributed by atoms with Crippen molar-refractivity contribution >= 4 is 34.6 Å². The lowest BCUT2D eigenvalue weighted by molar-refractivity contribution is -0.115. The average Bonchev–Trinajstić information content (AvgIpc) is 3.15. The van der Waals surface area contributed by atoms with Gasteiger partial charge in [0.1, 0.15) is 0 Å². The van der Waals surface area contributed by atoms with E-state index in [4.69, 9.17) is 0 Å². The number of thiophene rings is 1. The third-order valence-electron chi connectivity index (χ3n) is 4.22. The van der Waals surface area contributed by atoms with Gasteiger partial charge in [-0.15, -0.1) is 21.5 Å². The lowest BCUT2D eigenvalue weighted by Crippen LogP contribution is -2.25. The quantitative estimate of drug-likeness (QED) is 0.777. The molecule has 3 heterocycles. The van der Waals surface area contributed by atoms with Crippen molar-refractivity contribution in [2.75, 3.05) is 16.8 Å². The number of carbonyl (C=O) groups is 1. The van der Waals surface area contributed by atoms with E-state index in [2.05, 4.69) is 38.6 Å². The van der Waals surface area contributed by atoms with Crippen molar-refractivity contribution in [3.8, 4) is 0 Å². The monoisotopic (exact) mass is 350 g/mol. The summed E-state index contributed by atoms with van der Waals surface area (Å²) in [6.07, 6.45) is 2.55. The fraction of sp³-hybridized carbons (Fsp3) is 0.211. The summed E-state index contributed by atoms with van der Waals surface area (Å²) in [5, 5.41) is 13.3. The summed E-state index contributed by atoms with van der Waals surface area (Å²) in [6, 6.07) is 16.0. The number of hydrogen-bond acceptors (Lipinski definition) is 5. The number of hydrogen-bond donors (Lipinski definition) is 1. The van der Waals surface area contributed by atoms with Crippen molar-refractivity contribution in [2.45, 2.75) is 19.3 Å². The Bertz CT molecular complexity index is 861. The van der Waals surface area contributed by atoms with Gasteiger partial charge in [-0.05, 0) is 48.1 Å². The average molecular weight is 350 g/mol. The second-order valence-corrected chi connectivity index (χ2v) is 7.00. The number of amides is 1. The van der Waals surface area contributed by atoms with Gasteiger partial charge in [-0.3, -0.25) is 4.79 Å². The lowest BCUT2D eigenvalue weighted by Gasteiger charge is -2.29. The van der Waals surface area contributed by atoms with Crippen LogP contribution < -0.4 is 10.2 Å². The molecule has 1 N–H and O–H groups in total. The van der Waals surface area contributed by atoms with Gasteiger partial charge in [-0.2, -0.15) is 0 Å². The molecule has 126 valence electrons. The minimum Gasteiger partial charge on any atom is -0.325 e. The number of aromatic nitrogens is 2. The number of carbonyl (C=O) groups excluding carboxylic acids is 1. The molecule has 1 aliphatic heterocycles. The van der Waals surface area contributed by atoms with Crippen LogP contribution in [0.4, 0.5) is 17.3 Å². The third kappa shape index (κ3) is 3.53. The highest BCUT2D eigenvalue weighted by Gasteiger charge is 2.19. The Morgan fingerprint density at radius 2 is 2.04 bits per heavy atom. The summed E-state index contributed by atoms with van der Waals surface area (Å²) in [6.45, 7) is 0.926. The topological polar surface area (TPSA) is 58.1 Å². The van der Waals surface area contributed by atoms with E-state index < -0.39 is 0 Å². The summed E-state index contributed by atoms with van der Waals surface area (Å²) in [5.41, 5.74) is 2.53. The molecule has 1 aliphatic rings. The van der Waals surface area contributed by atoms with E-state index >= 15 is 0 Å². The first kappa shape index (κ1) is 15.8. The van der Waals surface area contributed by atoms with Crippen LogP contribution >= 0.6 is 11.3 Å². The Morgan fingerprint density at radius 3 is 2.84 bits per heavy atom. The van der Waals surface area contributed by atoms with Gasteiger partial charge in [0.25, 0.3) is 0 Å². The van der Waals surface area contributed by atoms with Gasteiger partial charge in [-0.1, -0.05) is 24.3 Å². The van der Waals surface area contributed by atoms with Gasteiger partial charge in [0, 0.05) is 17.1 Å². The van der Waals surface area contributed by atoms with Crippen molar-refractivity contribution in [1.29, 1.82) is 0 Å². The van der Waals surface area contributed by atoms with Gasteiger partial charge in [0.05, 0.1) is 6.42 Å². The first-order valence-corrected chi connectivity index (χ1v) is 9.19.